The fraction of sp³-hybridized carbons (Fsp3) is 0.400. The first-order valence-electron chi connectivity index (χ1n) is 9.21. The van der Waals surface area contributed by atoms with Gasteiger partial charge in [-0.3, -0.25) is 9.58 Å². The second-order valence-corrected chi connectivity index (χ2v) is 7.26. The molecule has 3 heterocycles. The molecule has 2 aromatic heterocycles. The van der Waals surface area contributed by atoms with Crippen LogP contribution in [0, 0.1) is 6.92 Å². The average molecular weight is 367 g/mol. The number of carbonyl (C=O) groups excluding carboxylic acids is 1. The molecule has 7 heteroatoms. The minimum absolute atomic E-state index is 0.108. The van der Waals surface area contributed by atoms with Gasteiger partial charge in [0.15, 0.2) is 0 Å². The molecule has 3 aromatic rings. The van der Waals surface area contributed by atoms with E-state index in [0.29, 0.717) is 6.54 Å². The number of benzene rings is 1. The summed E-state index contributed by atoms with van der Waals surface area (Å²) in [6, 6.07) is 10.1. The number of furan rings is 1. The van der Waals surface area contributed by atoms with Crippen LogP contribution in [0.4, 0.5) is 4.79 Å². The van der Waals surface area contributed by atoms with Crippen molar-refractivity contribution in [1.82, 2.24) is 24.9 Å². The maximum Gasteiger partial charge on any atom is 0.317 e. The van der Waals surface area contributed by atoms with E-state index in [1.165, 1.54) is 21.5 Å². The van der Waals surface area contributed by atoms with Crippen LogP contribution in [0.5, 0.6) is 0 Å². The van der Waals surface area contributed by atoms with E-state index >= 15 is 0 Å². The highest BCUT2D eigenvalue weighted by molar-refractivity contribution is 5.81. The van der Waals surface area contributed by atoms with Crippen LogP contribution in [-0.2, 0) is 26.2 Å². The number of fused-ring (bicyclic) bond motifs is 2. The van der Waals surface area contributed by atoms with Gasteiger partial charge in [0.25, 0.3) is 0 Å². The number of nitrogens with one attached hydrogen (secondary N) is 1. The maximum atomic E-state index is 11.7. The first kappa shape index (κ1) is 17.6. The number of carbonyl (C=O) groups is 1. The summed E-state index contributed by atoms with van der Waals surface area (Å²) in [6.45, 7) is 5.95. The van der Waals surface area contributed by atoms with E-state index in [9.17, 15) is 4.79 Å². The average Bonchev–Trinajstić information content (AvgIpc) is 3.20. The minimum Gasteiger partial charge on any atom is -0.459 e. The van der Waals surface area contributed by atoms with Crippen LogP contribution in [0.25, 0.3) is 11.0 Å². The third kappa shape index (κ3) is 3.55. The molecular weight excluding hydrogens is 342 g/mol. The van der Waals surface area contributed by atoms with Gasteiger partial charge in [-0.05, 0) is 24.6 Å². The van der Waals surface area contributed by atoms with E-state index in [-0.39, 0.29) is 6.03 Å². The minimum atomic E-state index is -0.108. The highest BCUT2D eigenvalue weighted by Crippen LogP contribution is 2.27. The molecule has 0 fully saturated rings. The topological polar surface area (TPSA) is 66.5 Å². The standard InChI is InChI=1S/C20H25N5O2/c1-14-17-6-4-5-7-18(17)27-19(14)13-24-8-9-25-16(12-24)10-15(22-25)11-21-20(26)23(2)3/h4-7,10H,8-9,11-13H2,1-3H3,(H,21,26). The van der Waals surface area contributed by atoms with Gasteiger partial charge in [0, 0.05) is 32.6 Å². The molecule has 0 saturated carbocycles. The Kier molecular flexibility index (Phi) is 4.61. The molecular formula is C20H25N5O2. The molecule has 7 nitrogen and oxygen atoms in total. The Labute approximate surface area is 158 Å². The highest BCUT2D eigenvalue weighted by Gasteiger charge is 2.21. The molecule has 2 amide bonds. The molecule has 0 unspecified atom stereocenters. The van der Waals surface area contributed by atoms with Crippen molar-refractivity contribution < 1.29 is 9.21 Å². The number of urea groups is 1. The first-order chi connectivity index (χ1) is 13.0. The predicted molar refractivity (Wildman–Crippen MR) is 103 cm³/mol. The van der Waals surface area contributed by atoms with Crippen LogP contribution in [0.1, 0.15) is 22.7 Å². The van der Waals surface area contributed by atoms with Gasteiger partial charge in [-0.15, -0.1) is 0 Å². The smallest absolute Gasteiger partial charge is 0.317 e. The Morgan fingerprint density at radius 3 is 2.89 bits per heavy atom. The van der Waals surface area contributed by atoms with Gasteiger partial charge < -0.3 is 14.6 Å². The van der Waals surface area contributed by atoms with Gasteiger partial charge in [0.1, 0.15) is 11.3 Å². The van der Waals surface area contributed by atoms with E-state index in [4.69, 9.17) is 4.42 Å². The van der Waals surface area contributed by atoms with Crippen LogP contribution < -0.4 is 5.32 Å². The number of rotatable bonds is 4. The Morgan fingerprint density at radius 1 is 1.30 bits per heavy atom. The van der Waals surface area contributed by atoms with Crippen molar-refractivity contribution in [2.75, 3.05) is 20.6 Å². The fourth-order valence-electron chi connectivity index (χ4n) is 3.50. The van der Waals surface area contributed by atoms with Crippen LogP contribution in [-0.4, -0.2) is 46.3 Å². The van der Waals surface area contributed by atoms with Gasteiger partial charge in [0.05, 0.1) is 31.0 Å². The number of hydrogen-bond donors (Lipinski definition) is 1. The number of aromatic nitrogens is 2. The molecule has 0 radical (unpaired) electrons. The zero-order valence-corrected chi connectivity index (χ0v) is 16.0. The molecule has 4 rings (SSSR count). The molecule has 1 aromatic carbocycles. The Hall–Kier alpha value is -2.80. The number of aryl methyl sites for hydroxylation is 1. The lowest BCUT2D eigenvalue weighted by Crippen LogP contribution is -2.34. The zero-order chi connectivity index (χ0) is 19.0. The summed E-state index contributed by atoms with van der Waals surface area (Å²) < 4.78 is 8.11. The van der Waals surface area contributed by atoms with E-state index in [2.05, 4.69) is 34.4 Å². The van der Waals surface area contributed by atoms with E-state index in [1.54, 1.807) is 14.1 Å². The SMILES string of the molecule is Cc1c(CN2CCn3nc(CNC(=O)N(C)C)cc3C2)oc2ccccc12. The van der Waals surface area contributed by atoms with Crippen molar-refractivity contribution in [3.05, 3.63) is 53.0 Å². The number of amides is 2. The quantitative estimate of drug-likeness (QED) is 0.770. The summed E-state index contributed by atoms with van der Waals surface area (Å²) in [5.41, 5.74) is 4.23. The molecule has 0 bridgehead atoms. The molecule has 0 spiro atoms. The van der Waals surface area contributed by atoms with Crippen molar-refractivity contribution in [2.45, 2.75) is 33.1 Å². The second kappa shape index (κ2) is 7.08. The summed E-state index contributed by atoms with van der Waals surface area (Å²) >= 11 is 0. The third-order valence-corrected chi connectivity index (χ3v) is 5.06. The number of nitrogens with zero attached hydrogens (tertiary/aromatic N) is 4. The maximum absolute atomic E-state index is 11.7. The van der Waals surface area contributed by atoms with Gasteiger partial charge >= 0.3 is 6.03 Å². The lowest BCUT2D eigenvalue weighted by atomic mass is 10.1. The molecule has 142 valence electrons. The lowest BCUT2D eigenvalue weighted by molar-refractivity contribution is 0.191. The van der Waals surface area contributed by atoms with Crippen LogP contribution in [0.3, 0.4) is 0 Å². The van der Waals surface area contributed by atoms with Gasteiger partial charge in [-0.2, -0.15) is 5.10 Å². The van der Waals surface area contributed by atoms with Crippen LogP contribution in [0.2, 0.25) is 0 Å². The van der Waals surface area contributed by atoms with Crippen LogP contribution >= 0.6 is 0 Å². The Balaban J connectivity index is 1.43. The second-order valence-electron chi connectivity index (χ2n) is 7.26. The van der Waals surface area contributed by atoms with E-state index < -0.39 is 0 Å². The highest BCUT2D eigenvalue weighted by atomic mass is 16.3. The Morgan fingerprint density at radius 2 is 2.11 bits per heavy atom. The van der Waals surface area contributed by atoms with Gasteiger partial charge in [-0.25, -0.2) is 4.79 Å². The lowest BCUT2D eigenvalue weighted by Gasteiger charge is -2.26. The third-order valence-electron chi connectivity index (χ3n) is 5.06. The predicted octanol–water partition coefficient (Wildman–Crippen LogP) is 2.72. The fourth-order valence-corrected chi connectivity index (χ4v) is 3.50. The molecule has 1 aliphatic heterocycles. The van der Waals surface area contributed by atoms with Gasteiger partial charge in [0.2, 0.25) is 0 Å². The first-order valence-corrected chi connectivity index (χ1v) is 9.21. The normalized spacial score (nSPS) is 14.3. The molecule has 0 saturated heterocycles. The molecule has 0 aliphatic carbocycles. The summed E-state index contributed by atoms with van der Waals surface area (Å²) in [5, 5.41) is 8.66. The van der Waals surface area contributed by atoms with Crippen molar-refractivity contribution in [2.24, 2.45) is 0 Å². The molecule has 1 aliphatic rings. The Bertz CT molecular complexity index is 972. The summed E-state index contributed by atoms with van der Waals surface area (Å²) in [6.07, 6.45) is 0. The monoisotopic (exact) mass is 367 g/mol. The number of hydrogen-bond acceptors (Lipinski definition) is 4. The van der Waals surface area contributed by atoms with Gasteiger partial charge in [-0.1, -0.05) is 18.2 Å². The van der Waals surface area contributed by atoms with Crippen molar-refractivity contribution >= 4 is 17.0 Å². The molecule has 1 N–H and O–H groups in total. The summed E-state index contributed by atoms with van der Waals surface area (Å²) in [4.78, 5) is 15.6. The van der Waals surface area contributed by atoms with Crippen molar-refractivity contribution in [3.63, 3.8) is 0 Å². The van der Waals surface area contributed by atoms with Crippen LogP contribution in [0.15, 0.2) is 34.7 Å². The van der Waals surface area contributed by atoms with Crippen molar-refractivity contribution in [1.29, 1.82) is 0 Å². The zero-order valence-electron chi connectivity index (χ0n) is 16.0. The largest absolute Gasteiger partial charge is 0.459 e. The molecule has 27 heavy (non-hydrogen) atoms. The summed E-state index contributed by atoms with van der Waals surface area (Å²) in [7, 11) is 3.46. The number of para-hydroxylation sites is 1. The van der Waals surface area contributed by atoms with E-state index in [0.717, 1.165) is 43.2 Å². The van der Waals surface area contributed by atoms with Crippen molar-refractivity contribution in [3.8, 4) is 0 Å². The molecule has 0 atom stereocenters. The summed E-state index contributed by atoms with van der Waals surface area (Å²) in [5.74, 6) is 1.03. The van der Waals surface area contributed by atoms with E-state index in [1.807, 2.05) is 22.9 Å².